The molecule has 3 aromatic rings. The predicted octanol–water partition coefficient (Wildman–Crippen LogP) is 1.74. The van der Waals surface area contributed by atoms with Gasteiger partial charge in [-0.1, -0.05) is 18.2 Å². The Labute approximate surface area is 170 Å². The number of nitrogens with two attached hydrogens (primary N) is 1. The predicted molar refractivity (Wildman–Crippen MR) is 105 cm³/mol. The van der Waals surface area contributed by atoms with Crippen molar-refractivity contribution in [3.8, 4) is 23.2 Å². The normalized spacial score (nSPS) is 19.3. The second kappa shape index (κ2) is 6.02. The second-order valence-electron chi connectivity index (χ2n) is 6.89. The molecule has 0 fully saturated rings. The Kier molecular flexibility index (Phi) is 3.54. The lowest BCUT2D eigenvalue weighted by Gasteiger charge is -2.32. The van der Waals surface area contributed by atoms with Crippen molar-refractivity contribution >= 4 is 17.5 Å². The van der Waals surface area contributed by atoms with E-state index in [4.69, 9.17) is 10.5 Å². The summed E-state index contributed by atoms with van der Waals surface area (Å²) in [5.74, 6) is -1.22. The van der Waals surface area contributed by atoms with E-state index in [2.05, 4.69) is 15.2 Å². The van der Waals surface area contributed by atoms with Crippen molar-refractivity contribution < 1.29 is 14.3 Å². The number of aromatic amines is 1. The first kappa shape index (κ1) is 17.6. The zero-order valence-electron chi connectivity index (χ0n) is 15.7. The molecule has 2 aliphatic heterocycles. The molecule has 2 aromatic heterocycles. The number of aromatic nitrogens is 3. The number of para-hydroxylation sites is 1. The van der Waals surface area contributed by atoms with Crippen LogP contribution in [0.3, 0.4) is 0 Å². The van der Waals surface area contributed by atoms with Gasteiger partial charge in [-0.25, -0.2) is 4.90 Å². The van der Waals surface area contributed by atoms with Crippen molar-refractivity contribution in [3.63, 3.8) is 0 Å². The average Bonchev–Trinajstić information content (AvgIpc) is 3.27. The number of nitriles is 1. The summed E-state index contributed by atoms with van der Waals surface area (Å²) in [6.07, 6.45) is 3.20. The molecule has 0 aliphatic carbocycles. The van der Waals surface area contributed by atoms with E-state index in [0.717, 1.165) is 4.90 Å². The number of carbonyl (C=O) groups is 2. The number of ether oxygens (including phenoxy) is 1. The summed E-state index contributed by atoms with van der Waals surface area (Å²) in [5, 5.41) is 17.1. The van der Waals surface area contributed by atoms with E-state index in [1.165, 1.54) is 6.92 Å². The van der Waals surface area contributed by atoms with E-state index in [-0.39, 0.29) is 17.3 Å². The van der Waals surface area contributed by atoms with Crippen molar-refractivity contribution in [1.82, 2.24) is 15.2 Å². The van der Waals surface area contributed by atoms with E-state index in [1.54, 1.807) is 48.8 Å². The molecule has 1 spiro atoms. The van der Waals surface area contributed by atoms with Gasteiger partial charge in [0.1, 0.15) is 17.1 Å². The van der Waals surface area contributed by atoms with Gasteiger partial charge in [-0.15, -0.1) is 5.10 Å². The molecule has 0 unspecified atom stereocenters. The molecule has 30 heavy (non-hydrogen) atoms. The maximum atomic E-state index is 13.9. The SMILES string of the molecule is CC(=O)N1C(=O)[C@@]2(C(C#N)=C(N)Oc3n[nH]c(-c4ccncc4)c32)c2ccccc21. The van der Waals surface area contributed by atoms with Crippen molar-refractivity contribution in [2.75, 3.05) is 4.90 Å². The third-order valence-electron chi connectivity index (χ3n) is 5.40. The fourth-order valence-corrected chi connectivity index (χ4v) is 4.25. The van der Waals surface area contributed by atoms with Gasteiger partial charge >= 0.3 is 0 Å². The molecule has 0 saturated carbocycles. The maximum absolute atomic E-state index is 13.9. The first-order valence-corrected chi connectivity index (χ1v) is 9.03. The zero-order chi connectivity index (χ0) is 21.0. The summed E-state index contributed by atoms with van der Waals surface area (Å²) in [4.78, 5) is 31.4. The van der Waals surface area contributed by atoms with Gasteiger partial charge in [0.2, 0.25) is 17.7 Å². The Hall–Kier alpha value is -4.45. The third kappa shape index (κ3) is 1.99. The first-order chi connectivity index (χ1) is 14.5. The lowest BCUT2D eigenvalue weighted by molar-refractivity contribution is -0.126. The Balaban J connectivity index is 1.94. The van der Waals surface area contributed by atoms with Crippen LogP contribution < -0.4 is 15.4 Å². The minimum Gasteiger partial charge on any atom is -0.420 e. The van der Waals surface area contributed by atoms with Gasteiger partial charge in [-0.3, -0.25) is 19.7 Å². The Bertz CT molecular complexity index is 1300. The largest absolute Gasteiger partial charge is 0.420 e. The summed E-state index contributed by atoms with van der Waals surface area (Å²) in [6.45, 7) is 1.30. The van der Waals surface area contributed by atoms with Crippen LogP contribution in [0.15, 0.2) is 60.2 Å². The van der Waals surface area contributed by atoms with E-state index < -0.39 is 17.2 Å². The summed E-state index contributed by atoms with van der Waals surface area (Å²) in [5.41, 5.74) is 6.66. The number of pyridine rings is 1. The molecule has 0 radical (unpaired) electrons. The van der Waals surface area contributed by atoms with Crippen LogP contribution in [-0.4, -0.2) is 27.0 Å². The van der Waals surface area contributed by atoms with Gasteiger partial charge in [0.05, 0.1) is 16.9 Å². The molecule has 1 aromatic carbocycles. The summed E-state index contributed by atoms with van der Waals surface area (Å²) in [6, 6.07) is 12.4. The van der Waals surface area contributed by atoms with Crippen LogP contribution in [0, 0.1) is 11.3 Å². The topological polar surface area (TPSA) is 138 Å². The van der Waals surface area contributed by atoms with Crippen molar-refractivity contribution in [2.45, 2.75) is 12.3 Å². The quantitative estimate of drug-likeness (QED) is 0.636. The average molecular weight is 398 g/mol. The highest BCUT2D eigenvalue weighted by Gasteiger charge is 2.61. The number of hydrogen-bond donors (Lipinski definition) is 2. The minimum atomic E-state index is -1.67. The number of hydrogen-bond acceptors (Lipinski definition) is 7. The molecule has 9 nitrogen and oxygen atoms in total. The van der Waals surface area contributed by atoms with Crippen LogP contribution in [-0.2, 0) is 15.0 Å². The van der Waals surface area contributed by atoms with E-state index in [9.17, 15) is 14.9 Å². The van der Waals surface area contributed by atoms with Crippen molar-refractivity contribution in [3.05, 3.63) is 71.4 Å². The Morgan fingerprint density at radius 2 is 2.00 bits per heavy atom. The zero-order valence-corrected chi connectivity index (χ0v) is 15.7. The molecule has 0 saturated heterocycles. The standard InChI is InChI=1S/C21H14N6O3/c1-11(28)27-15-5-3-2-4-13(15)21(20(27)29)14(10-22)18(23)30-19-16(21)17(25-26-19)12-6-8-24-9-7-12/h2-9H,23H2,1H3,(H,25,26)/t21-/m1/s1. The lowest BCUT2D eigenvalue weighted by atomic mass is 9.68. The van der Waals surface area contributed by atoms with Crippen LogP contribution in [0.1, 0.15) is 18.1 Å². The number of carbonyl (C=O) groups excluding carboxylic acids is 2. The fraction of sp³-hybridized carbons (Fsp3) is 0.0952. The summed E-state index contributed by atoms with van der Waals surface area (Å²) < 4.78 is 5.60. The van der Waals surface area contributed by atoms with Crippen LogP contribution in [0.5, 0.6) is 5.88 Å². The summed E-state index contributed by atoms with van der Waals surface area (Å²) >= 11 is 0. The number of fused-ring (bicyclic) bond motifs is 4. The molecule has 146 valence electrons. The third-order valence-corrected chi connectivity index (χ3v) is 5.40. The van der Waals surface area contributed by atoms with Crippen molar-refractivity contribution in [1.29, 1.82) is 5.26 Å². The van der Waals surface area contributed by atoms with Gasteiger partial charge in [-0.05, 0) is 18.2 Å². The molecule has 2 amide bonds. The Morgan fingerprint density at radius 1 is 1.27 bits per heavy atom. The highest BCUT2D eigenvalue weighted by Crippen LogP contribution is 2.56. The van der Waals surface area contributed by atoms with Crippen LogP contribution in [0.2, 0.25) is 0 Å². The first-order valence-electron chi connectivity index (χ1n) is 9.03. The second-order valence-corrected chi connectivity index (χ2v) is 6.89. The molecular formula is C21H14N6O3. The smallest absolute Gasteiger partial charge is 0.254 e. The number of benzene rings is 1. The highest BCUT2D eigenvalue weighted by molar-refractivity contribution is 6.26. The molecule has 1 atom stereocenters. The van der Waals surface area contributed by atoms with Crippen molar-refractivity contribution in [2.24, 2.45) is 5.73 Å². The summed E-state index contributed by atoms with van der Waals surface area (Å²) in [7, 11) is 0. The number of H-pyrrole nitrogens is 1. The number of imide groups is 1. The van der Waals surface area contributed by atoms with Crippen LogP contribution in [0.25, 0.3) is 11.3 Å². The number of anilines is 1. The molecule has 4 heterocycles. The molecule has 3 N–H and O–H groups in total. The number of amides is 2. The molecule has 2 aliphatic rings. The Morgan fingerprint density at radius 3 is 2.70 bits per heavy atom. The van der Waals surface area contributed by atoms with Crippen LogP contribution >= 0.6 is 0 Å². The monoisotopic (exact) mass is 398 g/mol. The molecule has 0 bridgehead atoms. The van der Waals surface area contributed by atoms with E-state index in [0.29, 0.717) is 28.1 Å². The highest BCUT2D eigenvalue weighted by atomic mass is 16.5. The maximum Gasteiger partial charge on any atom is 0.254 e. The van der Waals surface area contributed by atoms with Gasteiger partial charge in [-0.2, -0.15) is 5.26 Å². The number of nitrogens with one attached hydrogen (secondary N) is 1. The van der Waals surface area contributed by atoms with Gasteiger partial charge in [0.25, 0.3) is 5.91 Å². The van der Waals surface area contributed by atoms with E-state index >= 15 is 0 Å². The van der Waals surface area contributed by atoms with Gasteiger partial charge in [0.15, 0.2) is 0 Å². The van der Waals surface area contributed by atoms with Crippen LogP contribution in [0.4, 0.5) is 5.69 Å². The van der Waals surface area contributed by atoms with Gasteiger partial charge < -0.3 is 10.5 Å². The molecule has 9 heteroatoms. The lowest BCUT2D eigenvalue weighted by Crippen LogP contribution is -2.47. The number of nitrogens with zero attached hydrogens (tertiary/aromatic N) is 4. The fourth-order valence-electron chi connectivity index (χ4n) is 4.25. The molecular weight excluding hydrogens is 384 g/mol. The van der Waals surface area contributed by atoms with Gasteiger partial charge in [0, 0.05) is 30.4 Å². The minimum absolute atomic E-state index is 0.0758. The van der Waals surface area contributed by atoms with E-state index in [1.807, 2.05) is 6.07 Å². The number of rotatable bonds is 1. The molecule has 5 rings (SSSR count).